The van der Waals surface area contributed by atoms with Crippen LogP contribution in [0, 0.1) is 6.92 Å². The minimum absolute atomic E-state index is 0.817. The Labute approximate surface area is 97.7 Å². The standard InChI is InChI=1S/C13H12BrN/c1-8-6-13(14)15-12-5-4-10(7-11(8)12)9-2-3-9/h4-7,9H,2-3H2,1H3. The second-order valence-electron chi connectivity index (χ2n) is 4.31. The highest BCUT2D eigenvalue weighted by Gasteiger charge is 2.23. The Bertz CT molecular complexity index is 529. The number of hydrogen-bond donors (Lipinski definition) is 0. The predicted molar refractivity (Wildman–Crippen MR) is 66.2 cm³/mol. The number of aryl methyl sites for hydroxylation is 1. The Hall–Kier alpha value is -0.890. The highest BCUT2D eigenvalue weighted by atomic mass is 79.9. The first-order valence-corrected chi connectivity index (χ1v) is 6.10. The lowest BCUT2D eigenvalue weighted by Crippen LogP contribution is -1.87. The first kappa shape index (κ1) is 9.34. The zero-order chi connectivity index (χ0) is 10.4. The molecule has 1 aromatic carbocycles. The summed E-state index contributed by atoms with van der Waals surface area (Å²) >= 11 is 3.43. The van der Waals surface area contributed by atoms with Gasteiger partial charge in [-0.25, -0.2) is 4.98 Å². The molecule has 0 spiro atoms. The quantitative estimate of drug-likeness (QED) is 0.702. The van der Waals surface area contributed by atoms with E-state index in [2.05, 4.69) is 52.1 Å². The van der Waals surface area contributed by atoms with Crippen molar-refractivity contribution in [3.8, 4) is 0 Å². The molecule has 76 valence electrons. The maximum Gasteiger partial charge on any atom is 0.107 e. The van der Waals surface area contributed by atoms with E-state index in [-0.39, 0.29) is 0 Å². The van der Waals surface area contributed by atoms with Gasteiger partial charge >= 0.3 is 0 Å². The van der Waals surface area contributed by atoms with Crippen LogP contribution in [0.4, 0.5) is 0 Å². The van der Waals surface area contributed by atoms with Crippen molar-refractivity contribution in [2.45, 2.75) is 25.7 Å². The van der Waals surface area contributed by atoms with Gasteiger partial charge < -0.3 is 0 Å². The number of rotatable bonds is 1. The van der Waals surface area contributed by atoms with Crippen LogP contribution in [0.15, 0.2) is 28.9 Å². The molecule has 1 aliphatic rings. The molecule has 0 saturated heterocycles. The molecule has 0 amide bonds. The van der Waals surface area contributed by atoms with Crippen molar-refractivity contribution in [3.05, 3.63) is 40.0 Å². The maximum atomic E-state index is 4.47. The van der Waals surface area contributed by atoms with E-state index in [0.717, 1.165) is 16.0 Å². The molecular weight excluding hydrogens is 250 g/mol. The molecule has 1 aliphatic carbocycles. The van der Waals surface area contributed by atoms with Gasteiger partial charge in [0, 0.05) is 5.39 Å². The highest BCUT2D eigenvalue weighted by molar-refractivity contribution is 9.10. The average Bonchev–Trinajstić information content (AvgIpc) is 3.00. The second-order valence-corrected chi connectivity index (χ2v) is 5.13. The number of aromatic nitrogens is 1. The zero-order valence-corrected chi connectivity index (χ0v) is 10.2. The van der Waals surface area contributed by atoms with Crippen molar-refractivity contribution < 1.29 is 0 Å². The van der Waals surface area contributed by atoms with E-state index in [1.54, 1.807) is 0 Å². The molecule has 2 heteroatoms. The average molecular weight is 262 g/mol. The smallest absolute Gasteiger partial charge is 0.107 e. The SMILES string of the molecule is Cc1cc(Br)nc2ccc(C3CC3)cc12. The number of fused-ring (bicyclic) bond motifs is 1. The van der Waals surface area contributed by atoms with Gasteiger partial charge in [0.15, 0.2) is 0 Å². The summed E-state index contributed by atoms with van der Waals surface area (Å²) < 4.78 is 0.923. The van der Waals surface area contributed by atoms with E-state index in [1.165, 1.54) is 29.4 Å². The van der Waals surface area contributed by atoms with Crippen molar-refractivity contribution in [1.29, 1.82) is 0 Å². The van der Waals surface area contributed by atoms with E-state index >= 15 is 0 Å². The topological polar surface area (TPSA) is 12.9 Å². The molecule has 1 nitrogen and oxygen atoms in total. The summed E-state index contributed by atoms with van der Waals surface area (Å²) in [7, 11) is 0. The van der Waals surface area contributed by atoms with Crippen LogP contribution in [0.2, 0.25) is 0 Å². The van der Waals surface area contributed by atoms with Crippen molar-refractivity contribution in [2.75, 3.05) is 0 Å². The molecule has 15 heavy (non-hydrogen) atoms. The number of hydrogen-bond acceptors (Lipinski definition) is 1. The predicted octanol–water partition coefficient (Wildman–Crippen LogP) is 4.18. The summed E-state index contributed by atoms with van der Waals surface area (Å²) in [6.07, 6.45) is 2.71. The lowest BCUT2D eigenvalue weighted by atomic mass is 10.0. The number of pyridine rings is 1. The third-order valence-electron chi connectivity index (χ3n) is 3.06. The van der Waals surface area contributed by atoms with Gasteiger partial charge in [-0.05, 0) is 70.9 Å². The fraction of sp³-hybridized carbons (Fsp3) is 0.308. The first-order chi connectivity index (χ1) is 7.24. The lowest BCUT2D eigenvalue weighted by Gasteiger charge is -2.05. The van der Waals surface area contributed by atoms with Gasteiger partial charge in [0.05, 0.1) is 5.52 Å². The molecule has 0 unspecified atom stereocenters. The highest BCUT2D eigenvalue weighted by Crippen LogP contribution is 2.41. The molecule has 0 N–H and O–H groups in total. The summed E-state index contributed by atoms with van der Waals surface area (Å²) in [6, 6.07) is 8.75. The lowest BCUT2D eigenvalue weighted by molar-refractivity contribution is 1.13. The van der Waals surface area contributed by atoms with Crippen LogP contribution in [0.5, 0.6) is 0 Å². The second kappa shape index (κ2) is 3.31. The van der Waals surface area contributed by atoms with Crippen LogP contribution in [-0.2, 0) is 0 Å². The van der Waals surface area contributed by atoms with Crippen molar-refractivity contribution in [3.63, 3.8) is 0 Å². The third kappa shape index (κ3) is 1.67. The van der Waals surface area contributed by atoms with Gasteiger partial charge in [-0.1, -0.05) is 6.07 Å². The maximum absolute atomic E-state index is 4.47. The Morgan fingerprint density at radius 3 is 2.80 bits per heavy atom. The van der Waals surface area contributed by atoms with Crippen molar-refractivity contribution >= 4 is 26.8 Å². The van der Waals surface area contributed by atoms with E-state index in [1.807, 2.05) is 0 Å². The molecule has 0 aliphatic heterocycles. The van der Waals surface area contributed by atoms with Crippen LogP contribution in [-0.4, -0.2) is 4.98 Å². The number of halogens is 1. The van der Waals surface area contributed by atoms with Gasteiger partial charge in [0.2, 0.25) is 0 Å². The monoisotopic (exact) mass is 261 g/mol. The minimum Gasteiger partial charge on any atom is -0.241 e. The Morgan fingerprint density at radius 1 is 1.27 bits per heavy atom. The van der Waals surface area contributed by atoms with E-state index in [0.29, 0.717) is 0 Å². The normalized spacial score (nSPS) is 15.9. The van der Waals surface area contributed by atoms with Crippen LogP contribution >= 0.6 is 15.9 Å². The number of benzene rings is 1. The molecule has 2 aromatic rings. The van der Waals surface area contributed by atoms with Crippen molar-refractivity contribution in [1.82, 2.24) is 4.98 Å². The van der Waals surface area contributed by atoms with Gasteiger partial charge in [-0.15, -0.1) is 0 Å². The summed E-state index contributed by atoms with van der Waals surface area (Å²) in [5, 5.41) is 1.29. The number of nitrogens with zero attached hydrogens (tertiary/aromatic N) is 1. The molecule has 1 saturated carbocycles. The molecule has 1 aromatic heterocycles. The molecule has 3 rings (SSSR count). The third-order valence-corrected chi connectivity index (χ3v) is 3.46. The van der Waals surface area contributed by atoms with Gasteiger partial charge in [-0.3, -0.25) is 0 Å². The van der Waals surface area contributed by atoms with Crippen LogP contribution in [0.3, 0.4) is 0 Å². The van der Waals surface area contributed by atoms with Crippen LogP contribution in [0.1, 0.15) is 29.9 Å². The molecular formula is C13H12BrN. The molecule has 1 heterocycles. The summed E-state index contributed by atoms with van der Waals surface area (Å²) in [5.74, 6) is 0.817. The van der Waals surface area contributed by atoms with Gasteiger partial charge in [-0.2, -0.15) is 0 Å². The van der Waals surface area contributed by atoms with Gasteiger partial charge in [0.25, 0.3) is 0 Å². The van der Waals surface area contributed by atoms with E-state index in [9.17, 15) is 0 Å². The molecule has 1 fully saturated rings. The van der Waals surface area contributed by atoms with Crippen molar-refractivity contribution in [2.24, 2.45) is 0 Å². The molecule has 0 atom stereocenters. The fourth-order valence-electron chi connectivity index (χ4n) is 2.04. The summed E-state index contributed by atoms with van der Waals surface area (Å²) in [6.45, 7) is 2.14. The van der Waals surface area contributed by atoms with Gasteiger partial charge in [0.1, 0.15) is 4.60 Å². The largest absolute Gasteiger partial charge is 0.241 e. The van der Waals surface area contributed by atoms with Crippen LogP contribution in [0.25, 0.3) is 10.9 Å². The van der Waals surface area contributed by atoms with E-state index < -0.39 is 0 Å². The van der Waals surface area contributed by atoms with Crippen LogP contribution < -0.4 is 0 Å². The molecule has 0 bridgehead atoms. The Balaban J connectivity index is 2.25. The fourth-order valence-corrected chi connectivity index (χ4v) is 2.58. The Kier molecular flexibility index (Phi) is 2.06. The summed E-state index contributed by atoms with van der Waals surface area (Å²) in [5.41, 5.74) is 3.87. The molecule has 0 radical (unpaired) electrons. The zero-order valence-electron chi connectivity index (χ0n) is 8.63. The van der Waals surface area contributed by atoms with E-state index in [4.69, 9.17) is 0 Å². The Morgan fingerprint density at radius 2 is 2.07 bits per heavy atom. The summed E-state index contributed by atoms with van der Waals surface area (Å²) in [4.78, 5) is 4.47. The minimum atomic E-state index is 0.817. The first-order valence-electron chi connectivity index (χ1n) is 5.31.